The summed E-state index contributed by atoms with van der Waals surface area (Å²) < 4.78 is 16.9. The van der Waals surface area contributed by atoms with E-state index in [-0.39, 0.29) is 5.91 Å². The molecule has 144 valence electrons. The maximum absolute atomic E-state index is 11.8. The predicted molar refractivity (Wildman–Crippen MR) is 116 cm³/mol. The van der Waals surface area contributed by atoms with Gasteiger partial charge in [0.05, 0.1) is 24.7 Å². The van der Waals surface area contributed by atoms with Gasteiger partial charge in [0.25, 0.3) is 5.91 Å². The van der Waals surface area contributed by atoms with Crippen LogP contribution in [-0.2, 0) is 4.79 Å². The molecule has 1 aliphatic heterocycles. The number of ether oxygens (including phenoxy) is 2. The summed E-state index contributed by atoms with van der Waals surface area (Å²) in [4.78, 5) is 16.6. The highest BCUT2D eigenvalue weighted by molar-refractivity contribution is 8.26. The molecule has 3 heterocycles. The van der Waals surface area contributed by atoms with Gasteiger partial charge in [-0.2, -0.15) is 0 Å². The van der Waals surface area contributed by atoms with E-state index in [0.29, 0.717) is 37.6 Å². The second-order valence-corrected chi connectivity index (χ2v) is 7.65. The number of methoxy groups -OCH3 is 2. The van der Waals surface area contributed by atoms with E-state index < -0.39 is 0 Å². The van der Waals surface area contributed by atoms with Gasteiger partial charge in [0.1, 0.15) is 10.1 Å². The Bertz CT molecular complexity index is 1230. The van der Waals surface area contributed by atoms with E-state index in [1.165, 1.54) is 11.8 Å². The molecule has 1 aliphatic rings. The molecule has 0 saturated carbocycles. The fourth-order valence-electron chi connectivity index (χ4n) is 2.75. The average Bonchev–Trinajstić information content (AvgIpc) is 3.28. The summed E-state index contributed by atoms with van der Waals surface area (Å²) in [7, 11) is 3.16. The van der Waals surface area contributed by atoms with Gasteiger partial charge in [0.2, 0.25) is 0 Å². The highest BCUT2D eigenvalue weighted by Gasteiger charge is 2.22. The number of furan rings is 1. The Hall–Kier alpha value is -3.28. The van der Waals surface area contributed by atoms with Crippen LogP contribution in [-0.4, -0.2) is 29.4 Å². The average molecular weight is 422 g/mol. The summed E-state index contributed by atoms with van der Waals surface area (Å²) >= 11 is 6.21. The lowest BCUT2D eigenvalue weighted by Crippen LogP contribution is -2.17. The van der Waals surface area contributed by atoms with Gasteiger partial charge in [-0.15, -0.1) is 0 Å². The van der Waals surface area contributed by atoms with Crippen LogP contribution in [0.3, 0.4) is 0 Å². The van der Waals surface area contributed by atoms with Crippen LogP contribution in [0.5, 0.6) is 11.5 Å². The molecule has 29 heavy (non-hydrogen) atoms. The Morgan fingerprint density at radius 1 is 1.17 bits per heavy atom. The SMILES string of the molecule is COc1ccc(C#Cc2cncc3cc(C=C4SC(=S)NC4=O)oc23)cc1OC. The number of carbonyl (C=O) groups is 1. The number of pyridine rings is 1. The Balaban J connectivity index is 1.69. The summed E-state index contributed by atoms with van der Waals surface area (Å²) in [5, 5.41) is 3.37. The Morgan fingerprint density at radius 2 is 2.00 bits per heavy atom. The van der Waals surface area contributed by atoms with E-state index in [9.17, 15) is 4.79 Å². The van der Waals surface area contributed by atoms with Crippen LogP contribution in [0.25, 0.3) is 17.0 Å². The van der Waals surface area contributed by atoms with Crippen molar-refractivity contribution in [2.75, 3.05) is 14.2 Å². The lowest BCUT2D eigenvalue weighted by Gasteiger charge is -2.06. The minimum atomic E-state index is -0.230. The van der Waals surface area contributed by atoms with Gasteiger partial charge in [-0.1, -0.05) is 35.8 Å². The third-order valence-electron chi connectivity index (χ3n) is 4.08. The van der Waals surface area contributed by atoms with Gasteiger partial charge >= 0.3 is 0 Å². The number of carbonyl (C=O) groups excluding carboxylic acids is 1. The maximum Gasteiger partial charge on any atom is 0.263 e. The quantitative estimate of drug-likeness (QED) is 0.392. The molecule has 1 saturated heterocycles. The fraction of sp³-hybridized carbons (Fsp3) is 0.0952. The van der Waals surface area contributed by atoms with Gasteiger partial charge < -0.3 is 19.2 Å². The predicted octanol–water partition coefficient (Wildman–Crippen LogP) is 3.73. The van der Waals surface area contributed by atoms with Crippen molar-refractivity contribution in [1.82, 2.24) is 10.3 Å². The highest BCUT2D eigenvalue weighted by Crippen LogP contribution is 2.29. The van der Waals surface area contributed by atoms with E-state index in [4.69, 9.17) is 26.1 Å². The number of hydrogen-bond acceptors (Lipinski definition) is 7. The molecule has 6 nitrogen and oxygen atoms in total. The summed E-state index contributed by atoms with van der Waals surface area (Å²) in [5.74, 6) is 7.72. The second-order valence-electron chi connectivity index (χ2n) is 5.93. The number of aromatic nitrogens is 1. The first-order valence-electron chi connectivity index (χ1n) is 8.44. The first-order chi connectivity index (χ1) is 14.1. The molecule has 8 heteroatoms. The Kier molecular flexibility index (Phi) is 5.25. The number of thioether (sulfide) groups is 1. The molecule has 1 N–H and O–H groups in total. The van der Waals surface area contributed by atoms with Crippen molar-refractivity contribution in [2.45, 2.75) is 0 Å². The Morgan fingerprint density at radius 3 is 2.72 bits per heavy atom. The molecule has 1 aromatic carbocycles. The van der Waals surface area contributed by atoms with Crippen LogP contribution in [0, 0.1) is 11.8 Å². The first-order valence-corrected chi connectivity index (χ1v) is 9.66. The zero-order valence-electron chi connectivity index (χ0n) is 15.4. The van der Waals surface area contributed by atoms with Gasteiger partial charge in [0, 0.05) is 29.4 Å². The lowest BCUT2D eigenvalue weighted by molar-refractivity contribution is -0.115. The van der Waals surface area contributed by atoms with Crippen molar-refractivity contribution in [3.8, 4) is 23.3 Å². The summed E-state index contributed by atoms with van der Waals surface area (Å²) in [5.41, 5.74) is 2.01. The largest absolute Gasteiger partial charge is 0.493 e. The second kappa shape index (κ2) is 7.99. The molecule has 0 atom stereocenters. The van der Waals surface area contributed by atoms with E-state index in [1.807, 2.05) is 12.1 Å². The van der Waals surface area contributed by atoms with Crippen molar-refractivity contribution in [3.63, 3.8) is 0 Å². The number of hydrogen-bond donors (Lipinski definition) is 1. The fourth-order valence-corrected chi connectivity index (χ4v) is 3.77. The first kappa shape index (κ1) is 19.1. The zero-order valence-corrected chi connectivity index (χ0v) is 17.1. The van der Waals surface area contributed by atoms with E-state index in [0.717, 1.165) is 10.9 Å². The lowest BCUT2D eigenvalue weighted by atomic mass is 10.1. The molecule has 2 aromatic heterocycles. The number of nitrogens with one attached hydrogen (secondary N) is 1. The van der Waals surface area contributed by atoms with Crippen LogP contribution in [0.2, 0.25) is 0 Å². The van der Waals surface area contributed by atoms with Crippen LogP contribution >= 0.6 is 24.0 Å². The third kappa shape index (κ3) is 3.97. The summed E-state index contributed by atoms with van der Waals surface area (Å²) in [6.07, 6.45) is 4.99. The molecule has 0 unspecified atom stereocenters. The van der Waals surface area contributed by atoms with Gasteiger partial charge in [0.15, 0.2) is 17.1 Å². The van der Waals surface area contributed by atoms with Crippen LogP contribution < -0.4 is 14.8 Å². The molecule has 3 aromatic rings. The minimum absolute atomic E-state index is 0.230. The summed E-state index contributed by atoms with van der Waals surface area (Å²) in [6.45, 7) is 0. The number of nitrogens with zero attached hydrogens (tertiary/aromatic N) is 1. The standard InChI is InChI=1S/C21H14N2O4S2/c1-25-16-6-4-12(7-17(16)26-2)3-5-13-10-22-11-14-8-15(27-19(13)14)9-18-20(24)23-21(28)29-18/h4,6-11H,1-2H3,(H,23,24,28). The van der Waals surface area contributed by atoms with Crippen molar-refractivity contribution < 1.29 is 18.7 Å². The molecule has 1 amide bonds. The van der Waals surface area contributed by atoms with Gasteiger partial charge in [-0.05, 0) is 24.3 Å². The molecular weight excluding hydrogens is 408 g/mol. The van der Waals surface area contributed by atoms with Crippen molar-refractivity contribution >= 4 is 51.3 Å². The molecule has 0 spiro atoms. The van der Waals surface area contributed by atoms with Crippen LogP contribution in [0.4, 0.5) is 0 Å². The molecule has 0 bridgehead atoms. The number of thiocarbonyl (C=S) groups is 1. The number of fused-ring (bicyclic) bond motifs is 1. The zero-order chi connectivity index (χ0) is 20.4. The minimum Gasteiger partial charge on any atom is -0.493 e. The van der Waals surface area contributed by atoms with E-state index in [2.05, 4.69) is 22.1 Å². The number of benzene rings is 1. The molecule has 4 rings (SSSR count). The molecular formula is C21H14N2O4S2. The number of rotatable bonds is 3. The van der Waals surface area contributed by atoms with E-state index >= 15 is 0 Å². The van der Waals surface area contributed by atoms with Crippen LogP contribution in [0.15, 0.2) is 46.0 Å². The molecule has 0 aliphatic carbocycles. The Labute approximate surface area is 176 Å². The van der Waals surface area contributed by atoms with Gasteiger partial charge in [-0.3, -0.25) is 9.78 Å². The van der Waals surface area contributed by atoms with Crippen molar-refractivity contribution in [3.05, 3.63) is 58.5 Å². The number of amides is 1. The maximum atomic E-state index is 11.8. The van der Waals surface area contributed by atoms with Crippen molar-refractivity contribution in [1.29, 1.82) is 0 Å². The monoisotopic (exact) mass is 422 g/mol. The molecule has 0 radical (unpaired) electrons. The summed E-state index contributed by atoms with van der Waals surface area (Å²) in [6, 6.07) is 7.26. The normalized spacial score (nSPS) is 14.6. The topological polar surface area (TPSA) is 73.6 Å². The van der Waals surface area contributed by atoms with Crippen LogP contribution in [0.1, 0.15) is 16.9 Å². The highest BCUT2D eigenvalue weighted by atomic mass is 32.2. The third-order valence-corrected chi connectivity index (χ3v) is 5.24. The smallest absolute Gasteiger partial charge is 0.263 e. The molecule has 1 fully saturated rings. The van der Waals surface area contributed by atoms with Gasteiger partial charge in [-0.25, -0.2) is 0 Å². The van der Waals surface area contributed by atoms with Crippen molar-refractivity contribution in [2.24, 2.45) is 0 Å². The van der Waals surface area contributed by atoms with E-state index in [1.54, 1.807) is 44.8 Å².